The second kappa shape index (κ2) is 12.1. The minimum atomic E-state index is -0.519. The first kappa shape index (κ1) is 28.0. The molecule has 1 unspecified atom stereocenters. The van der Waals surface area contributed by atoms with Gasteiger partial charge in [0.1, 0.15) is 11.3 Å². The van der Waals surface area contributed by atoms with Gasteiger partial charge in [0.05, 0.1) is 11.4 Å². The van der Waals surface area contributed by atoms with Gasteiger partial charge in [-0.05, 0) is 44.9 Å². The molecule has 0 saturated carbocycles. The zero-order chi connectivity index (χ0) is 27.2. The maximum atomic E-state index is 15.0. The van der Waals surface area contributed by atoms with Crippen LogP contribution >= 0.6 is 0 Å². The first-order chi connectivity index (χ1) is 17.6. The number of aliphatic imine (C=N–C) groups is 2. The minimum absolute atomic E-state index is 0.113. The van der Waals surface area contributed by atoms with E-state index in [4.69, 9.17) is 0 Å². The Bertz CT molecular complexity index is 1240. The lowest BCUT2D eigenvalue weighted by molar-refractivity contribution is -0.130. The molecule has 2 aliphatic rings. The molecule has 9 heteroatoms. The van der Waals surface area contributed by atoms with Crippen molar-refractivity contribution in [2.75, 3.05) is 31.1 Å². The van der Waals surface area contributed by atoms with Crippen LogP contribution in [0.5, 0.6) is 0 Å². The summed E-state index contributed by atoms with van der Waals surface area (Å²) in [5.41, 5.74) is 3.21. The van der Waals surface area contributed by atoms with E-state index in [1.165, 1.54) is 6.08 Å². The quantitative estimate of drug-likeness (QED) is 0.219. The van der Waals surface area contributed by atoms with Gasteiger partial charge in [-0.1, -0.05) is 32.4 Å². The lowest BCUT2D eigenvalue weighted by atomic mass is 9.73. The van der Waals surface area contributed by atoms with Crippen LogP contribution in [0.2, 0.25) is 0 Å². The zero-order valence-electron chi connectivity index (χ0n) is 22.6. The number of carbonyl (C=O) groups is 2. The maximum absolute atomic E-state index is 15.0. The van der Waals surface area contributed by atoms with Crippen molar-refractivity contribution in [3.8, 4) is 0 Å². The molecular weight excluding hydrogens is 471 g/mol. The Labute approximate surface area is 218 Å². The molecule has 2 saturated heterocycles. The summed E-state index contributed by atoms with van der Waals surface area (Å²) in [6, 6.07) is 3.82. The zero-order valence-corrected chi connectivity index (χ0v) is 22.6. The van der Waals surface area contributed by atoms with E-state index in [0.717, 1.165) is 50.4 Å². The van der Waals surface area contributed by atoms with Crippen molar-refractivity contribution in [2.24, 2.45) is 33.4 Å². The van der Waals surface area contributed by atoms with Crippen LogP contribution in [0, 0.1) is 11.3 Å². The number of anilines is 1. The highest BCUT2D eigenvalue weighted by Crippen LogP contribution is 2.40. The van der Waals surface area contributed by atoms with E-state index in [-0.39, 0.29) is 17.0 Å². The van der Waals surface area contributed by atoms with Gasteiger partial charge in [0.25, 0.3) is 0 Å². The largest absolute Gasteiger partial charge is 0.369 e. The standard InChI is InChI=1S/C28H37FN6O2/c1-7-20(3)11-21(4)31-22(5)25(29)12-23(8-2)27(30-18-36)32-26-10-9-24(13-33(26)6)35-16-28(17-35)14-34(15-28)19-37/h8-13,18-20H,7,14-17H2,1-6H3/b21-11-,23-8+,25-12+,30-27?,31-22-,32-26?. The number of halogens is 1. The van der Waals surface area contributed by atoms with E-state index in [1.807, 2.05) is 42.9 Å². The maximum Gasteiger partial charge on any atom is 0.234 e. The van der Waals surface area contributed by atoms with E-state index >= 15 is 4.39 Å². The number of amidine groups is 1. The fraction of sp³-hybridized carbons (Fsp3) is 0.464. The monoisotopic (exact) mass is 508 g/mol. The van der Waals surface area contributed by atoms with Gasteiger partial charge >= 0.3 is 0 Å². The summed E-state index contributed by atoms with van der Waals surface area (Å²) in [6.07, 6.45) is 9.24. The number of allylic oxidation sites excluding steroid dienone is 4. The van der Waals surface area contributed by atoms with Crippen LogP contribution in [0.3, 0.4) is 0 Å². The predicted molar refractivity (Wildman–Crippen MR) is 146 cm³/mol. The van der Waals surface area contributed by atoms with Crippen LogP contribution in [-0.4, -0.2) is 60.0 Å². The van der Waals surface area contributed by atoms with E-state index in [0.29, 0.717) is 23.4 Å². The van der Waals surface area contributed by atoms with Gasteiger partial charge in [0.2, 0.25) is 12.8 Å². The molecule has 37 heavy (non-hydrogen) atoms. The summed E-state index contributed by atoms with van der Waals surface area (Å²) in [7, 11) is 1.86. The Hall–Kier alpha value is -3.62. The molecule has 2 fully saturated rings. The third-order valence-electron chi connectivity index (χ3n) is 6.84. The molecule has 0 N–H and O–H groups in total. The molecule has 8 nitrogen and oxygen atoms in total. The second-order valence-corrected chi connectivity index (χ2v) is 10.0. The van der Waals surface area contributed by atoms with Crippen LogP contribution in [0.1, 0.15) is 41.0 Å². The fourth-order valence-corrected chi connectivity index (χ4v) is 4.65. The lowest BCUT2D eigenvalue weighted by Gasteiger charge is -2.60. The lowest BCUT2D eigenvalue weighted by Crippen LogP contribution is -2.72. The summed E-state index contributed by atoms with van der Waals surface area (Å²) >= 11 is 0. The van der Waals surface area contributed by atoms with E-state index < -0.39 is 5.83 Å². The van der Waals surface area contributed by atoms with Crippen LogP contribution in [0.4, 0.5) is 10.1 Å². The number of hydrogen-bond acceptors (Lipinski definition) is 4. The van der Waals surface area contributed by atoms with Crippen molar-refractivity contribution < 1.29 is 14.0 Å². The normalized spacial score (nSPS) is 20.1. The van der Waals surface area contributed by atoms with Crippen LogP contribution < -0.4 is 10.4 Å². The Morgan fingerprint density at radius 1 is 1.19 bits per heavy atom. The Kier molecular flexibility index (Phi) is 9.13. The number of nitrogens with zero attached hydrogens (tertiary/aromatic N) is 6. The third-order valence-corrected chi connectivity index (χ3v) is 6.84. The second-order valence-electron chi connectivity index (χ2n) is 10.0. The van der Waals surface area contributed by atoms with E-state index in [2.05, 4.69) is 33.7 Å². The molecule has 1 aromatic heterocycles. The molecule has 198 valence electrons. The van der Waals surface area contributed by atoms with Gasteiger partial charge in [-0.15, -0.1) is 0 Å². The number of rotatable bonds is 9. The Balaban J connectivity index is 1.80. The van der Waals surface area contributed by atoms with E-state index in [9.17, 15) is 9.59 Å². The predicted octanol–water partition coefficient (Wildman–Crippen LogP) is 3.97. The van der Waals surface area contributed by atoms with E-state index in [1.54, 1.807) is 24.8 Å². The molecule has 0 aromatic carbocycles. The van der Waals surface area contributed by atoms with Crippen LogP contribution in [0.15, 0.2) is 68.6 Å². The summed E-state index contributed by atoms with van der Waals surface area (Å²) in [5.74, 6) is -0.0449. The first-order valence-corrected chi connectivity index (χ1v) is 12.6. The van der Waals surface area contributed by atoms with Crippen molar-refractivity contribution in [1.29, 1.82) is 0 Å². The molecule has 3 heterocycles. The molecule has 3 rings (SSSR count). The highest BCUT2D eigenvalue weighted by Gasteiger charge is 2.51. The van der Waals surface area contributed by atoms with Gasteiger partial charge < -0.3 is 14.4 Å². The molecule has 1 aromatic rings. The molecule has 1 spiro atoms. The number of likely N-dealkylation sites (tertiary alicyclic amines) is 1. The highest BCUT2D eigenvalue weighted by molar-refractivity contribution is 6.06. The van der Waals surface area contributed by atoms with Crippen molar-refractivity contribution in [3.63, 3.8) is 0 Å². The smallest absolute Gasteiger partial charge is 0.234 e. The summed E-state index contributed by atoms with van der Waals surface area (Å²) in [4.78, 5) is 39.0. The number of pyridine rings is 1. The van der Waals surface area contributed by atoms with Crippen molar-refractivity contribution in [1.82, 2.24) is 9.47 Å². The molecule has 0 bridgehead atoms. The number of amides is 2. The molecule has 0 aliphatic carbocycles. The van der Waals surface area contributed by atoms with Gasteiger partial charge in [0.15, 0.2) is 5.84 Å². The molecule has 0 radical (unpaired) electrons. The van der Waals surface area contributed by atoms with Gasteiger partial charge in [-0.2, -0.15) is 4.99 Å². The van der Waals surface area contributed by atoms with Gasteiger partial charge in [-0.3, -0.25) is 14.6 Å². The van der Waals surface area contributed by atoms with Crippen molar-refractivity contribution in [3.05, 3.63) is 59.1 Å². The topological polar surface area (TPSA) is 82.6 Å². The summed E-state index contributed by atoms with van der Waals surface area (Å²) in [5, 5.41) is 0. The average Bonchev–Trinajstić information content (AvgIpc) is 2.81. The number of carbonyl (C=O) groups excluding carboxylic acids is 2. The Morgan fingerprint density at radius 3 is 2.46 bits per heavy atom. The molecular formula is C28H37FN6O2. The molecule has 1 atom stereocenters. The third kappa shape index (κ3) is 6.78. The fourth-order valence-electron chi connectivity index (χ4n) is 4.65. The molecule has 2 aliphatic heterocycles. The van der Waals surface area contributed by atoms with Gasteiger partial charge in [0, 0.05) is 56.1 Å². The summed E-state index contributed by atoms with van der Waals surface area (Å²) in [6.45, 7) is 12.8. The average molecular weight is 509 g/mol. The molecule has 2 amide bonds. The first-order valence-electron chi connectivity index (χ1n) is 12.6. The van der Waals surface area contributed by atoms with Crippen LogP contribution in [-0.2, 0) is 16.6 Å². The van der Waals surface area contributed by atoms with Crippen LogP contribution in [0.25, 0.3) is 0 Å². The van der Waals surface area contributed by atoms with Crippen molar-refractivity contribution in [2.45, 2.75) is 41.0 Å². The number of aryl methyl sites for hydroxylation is 1. The van der Waals surface area contributed by atoms with Gasteiger partial charge in [-0.25, -0.2) is 9.38 Å². The summed E-state index contributed by atoms with van der Waals surface area (Å²) < 4.78 is 16.9. The SMILES string of the molecule is C\C=C(/C=C(F)\C(C)=N/C(C)=C\C(C)CC)C(=NC=O)N=c1ccc(N2CC3(CN(C=O)C3)C2)cn1C. The van der Waals surface area contributed by atoms with Crippen molar-refractivity contribution >= 4 is 30.1 Å². The number of aromatic nitrogens is 1. The Morgan fingerprint density at radius 2 is 1.89 bits per heavy atom. The number of hydrogen-bond donors (Lipinski definition) is 0. The highest BCUT2D eigenvalue weighted by atomic mass is 19.1. The minimum Gasteiger partial charge on any atom is -0.369 e.